The number of carbonyl (C=O) groups is 1. The van der Waals surface area contributed by atoms with Gasteiger partial charge in [-0.25, -0.2) is 0 Å². The number of halogens is 3. The smallest absolute Gasteiger partial charge is 0.418 e. The normalized spacial score (nSPS) is 13.8. The van der Waals surface area contributed by atoms with Crippen molar-refractivity contribution in [1.82, 2.24) is 0 Å². The van der Waals surface area contributed by atoms with Gasteiger partial charge in [-0.05, 0) is 30.3 Å². The lowest BCUT2D eigenvalue weighted by molar-refractivity contribution is -0.137. The first-order valence-corrected chi connectivity index (χ1v) is 7.58. The van der Waals surface area contributed by atoms with Crippen molar-refractivity contribution in [1.29, 1.82) is 0 Å². The van der Waals surface area contributed by atoms with Crippen molar-refractivity contribution in [2.75, 3.05) is 35.6 Å². The maximum absolute atomic E-state index is 13.0. The van der Waals surface area contributed by atoms with Crippen molar-refractivity contribution in [3.63, 3.8) is 0 Å². The van der Waals surface area contributed by atoms with Crippen LogP contribution < -0.4 is 20.7 Å². The van der Waals surface area contributed by atoms with Gasteiger partial charge in [-0.3, -0.25) is 4.79 Å². The second kappa shape index (κ2) is 6.54. The number of benzene rings is 2. The second-order valence-corrected chi connectivity index (χ2v) is 5.59. The lowest BCUT2D eigenvalue weighted by atomic mass is 10.1. The van der Waals surface area contributed by atoms with Gasteiger partial charge < -0.3 is 20.7 Å². The van der Waals surface area contributed by atoms with Gasteiger partial charge in [0.25, 0.3) is 0 Å². The summed E-state index contributed by atoms with van der Waals surface area (Å²) >= 11 is 0. The first kappa shape index (κ1) is 16.9. The highest BCUT2D eigenvalue weighted by atomic mass is 19.4. The maximum Gasteiger partial charge on any atom is 0.418 e. The number of carbonyl (C=O) groups excluding carboxylic acids is 1. The predicted molar refractivity (Wildman–Crippen MR) is 88.6 cm³/mol. The fourth-order valence-corrected chi connectivity index (χ4v) is 2.66. The van der Waals surface area contributed by atoms with Crippen molar-refractivity contribution in [2.24, 2.45) is 0 Å². The highest BCUT2D eigenvalue weighted by Gasteiger charge is 2.33. The Morgan fingerprint density at radius 1 is 1.24 bits per heavy atom. The summed E-state index contributed by atoms with van der Waals surface area (Å²) < 4.78 is 44.5. The third-order valence-electron chi connectivity index (χ3n) is 3.78. The van der Waals surface area contributed by atoms with Crippen LogP contribution in [0.5, 0.6) is 5.75 Å². The van der Waals surface area contributed by atoms with Gasteiger partial charge in [0.15, 0.2) is 0 Å². The lowest BCUT2D eigenvalue weighted by Gasteiger charge is -2.31. The molecule has 5 nitrogen and oxygen atoms in total. The third kappa shape index (κ3) is 3.78. The zero-order chi connectivity index (χ0) is 18.0. The Morgan fingerprint density at radius 2 is 2.00 bits per heavy atom. The molecular formula is C17H16F3N3O2. The molecule has 1 aliphatic heterocycles. The van der Waals surface area contributed by atoms with E-state index in [-0.39, 0.29) is 12.2 Å². The van der Waals surface area contributed by atoms with E-state index in [0.29, 0.717) is 30.3 Å². The van der Waals surface area contributed by atoms with Crippen LogP contribution in [0.15, 0.2) is 42.5 Å². The van der Waals surface area contributed by atoms with Crippen LogP contribution in [0.4, 0.5) is 30.2 Å². The molecule has 1 heterocycles. The number of hydrogen-bond acceptors (Lipinski definition) is 4. The molecule has 0 saturated carbocycles. The molecule has 25 heavy (non-hydrogen) atoms. The topological polar surface area (TPSA) is 67.6 Å². The predicted octanol–water partition coefficient (Wildman–Crippen LogP) is 3.13. The van der Waals surface area contributed by atoms with E-state index in [1.807, 2.05) is 0 Å². The lowest BCUT2D eigenvalue weighted by Crippen LogP contribution is -2.39. The Morgan fingerprint density at radius 3 is 2.76 bits per heavy atom. The Hall–Kier alpha value is -2.90. The summed E-state index contributed by atoms with van der Waals surface area (Å²) in [6.07, 6.45) is -4.54. The molecule has 1 aliphatic rings. The summed E-state index contributed by atoms with van der Waals surface area (Å²) in [6.45, 7) is 0.708. The highest BCUT2D eigenvalue weighted by molar-refractivity contribution is 5.95. The zero-order valence-electron chi connectivity index (χ0n) is 13.1. The van der Waals surface area contributed by atoms with Gasteiger partial charge >= 0.3 is 6.18 Å². The SMILES string of the molecule is Nc1ccc2c(c1)N(CC(=O)Nc1ccccc1C(F)(F)F)CCO2. The second-order valence-electron chi connectivity index (χ2n) is 5.59. The molecule has 0 fully saturated rings. The molecule has 0 unspecified atom stereocenters. The van der Waals surface area contributed by atoms with Gasteiger partial charge in [-0.15, -0.1) is 0 Å². The van der Waals surface area contributed by atoms with Crippen molar-refractivity contribution in [3.8, 4) is 5.75 Å². The Labute approximate surface area is 142 Å². The van der Waals surface area contributed by atoms with Crippen LogP contribution in [-0.2, 0) is 11.0 Å². The summed E-state index contributed by atoms with van der Waals surface area (Å²) in [6, 6.07) is 9.93. The molecule has 0 aliphatic carbocycles. The van der Waals surface area contributed by atoms with E-state index in [9.17, 15) is 18.0 Å². The first-order chi connectivity index (χ1) is 11.8. The number of nitrogen functional groups attached to an aromatic ring is 1. The molecule has 0 aromatic heterocycles. The standard InChI is InChI=1S/C17H16F3N3O2/c18-17(19,20)12-3-1-2-4-13(12)22-16(24)10-23-7-8-25-15-6-5-11(21)9-14(15)23/h1-6,9H,7-8,10,21H2,(H,22,24). The minimum Gasteiger partial charge on any atom is -0.490 e. The molecule has 2 aromatic rings. The van der Waals surface area contributed by atoms with Crippen LogP contribution in [0.3, 0.4) is 0 Å². The molecular weight excluding hydrogens is 335 g/mol. The Kier molecular flexibility index (Phi) is 4.43. The van der Waals surface area contributed by atoms with E-state index in [2.05, 4.69) is 5.32 Å². The van der Waals surface area contributed by atoms with Gasteiger partial charge in [0, 0.05) is 5.69 Å². The Balaban J connectivity index is 1.76. The molecule has 0 bridgehead atoms. The number of anilines is 3. The summed E-state index contributed by atoms with van der Waals surface area (Å²) in [5, 5.41) is 2.34. The number of hydrogen-bond donors (Lipinski definition) is 2. The van der Waals surface area contributed by atoms with Crippen LogP contribution in [0.25, 0.3) is 0 Å². The maximum atomic E-state index is 13.0. The van der Waals surface area contributed by atoms with E-state index in [4.69, 9.17) is 10.5 Å². The molecule has 0 saturated heterocycles. The number of alkyl halides is 3. The highest BCUT2D eigenvalue weighted by Crippen LogP contribution is 2.35. The molecule has 3 N–H and O–H groups in total. The van der Waals surface area contributed by atoms with Crippen molar-refractivity contribution in [3.05, 3.63) is 48.0 Å². The number of nitrogens with zero attached hydrogens (tertiary/aromatic N) is 1. The quantitative estimate of drug-likeness (QED) is 0.834. The van der Waals surface area contributed by atoms with Crippen LogP contribution in [0.1, 0.15) is 5.56 Å². The first-order valence-electron chi connectivity index (χ1n) is 7.58. The molecule has 0 radical (unpaired) electrons. The van der Waals surface area contributed by atoms with E-state index in [1.165, 1.54) is 18.2 Å². The van der Waals surface area contributed by atoms with Crippen LogP contribution >= 0.6 is 0 Å². The largest absolute Gasteiger partial charge is 0.490 e. The number of amides is 1. The van der Waals surface area contributed by atoms with Gasteiger partial charge in [0.05, 0.1) is 30.0 Å². The minimum atomic E-state index is -4.54. The number of para-hydroxylation sites is 1. The molecule has 1 amide bonds. The summed E-state index contributed by atoms with van der Waals surface area (Å²) in [5.74, 6) is 0.0379. The fourth-order valence-electron chi connectivity index (χ4n) is 2.66. The van der Waals surface area contributed by atoms with Crippen LogP contribution in [0.2, 0.25) is 0 Å². The van der Waals surface area contributed by atoms with E-state index < -0.39 is 17.6 Å². The zero-order valence-corrected chi connectivity index (χ0v) is 13.1. The number of fused-ring (bicyclic) bond motifs is 1. The van der Waals surface area contributed by atoms with Crippen LogP contribution in [-0.4, -0.2) is 25.6 Å². The summed E-state index contributed by atoms with van der Waals surface area (Å²) in [5.41, 5.74) is 5.77. The summed E-state index contributed by atoms with van der Waals surface area (Å²) in [7, 11) is 0. The third-order valence-corrected chi connectivity index (χ3v) is 3.78. The van der Waals surface area contributed by atoms with Gasteiger partial charge in [-0.2, -0.15) is 13.2 Å². The summed E-state index contributed by atoms with van der Waals surface area (Å²) in [4.78, 5) is 14.0. The van der Waals surface area contributed by atoms with Gasteiger partial charge in [-0.1, -0.05) is 12.1 Å². The molecule has 0 atom stereocenters. The Bertz CT molecular complexity index is 793. The van der Waals surface area contributed by atoms with Crippen LogP contribution in [0, 0.1) is 0 Å². The number of rotatable bonds is 3. The van der Waals surface area contributed by atoms with Gasteiger partial charge in [0.2, 0.25) is 5.91 Å². The fraction of sp³-hybridized carbons (Fsp3) is 0.235. The molecule has 2 aromatic carbocycles. The molecule has 132 valence electrons. The van der Waals surface area contributed by atoms with Gasteiger partial charge in [0.1, 0.15) is 12.4 Å². The number of nitrogens with two attached hydrogens (primary N) is 1. The number of ether oxygens (including phenoxy) is 1. The monoisotopic (exact) mass is 351 g/mol. The van der Waals surface area contributed by atoms with Crippen molar-refractivity contribution in [2.45, 2.75) is 6.18 Å². The van der Waals surface area contributed by atoms with E-state index in [0.717, 1.165) is 6.07 Å². The molecule has 0 spiro atoms. The molecule has 8 heteroatoms. The van der Waals surface area contributed by atoms with E-state index in [1.54, 1.807) is 23.1 Å². The average molecular weight is 351 g/mol. The average Bonchev–Trinajstić information content (AvgIpc) is 2.55. The molecule has 3 rings (SSSR count). The van der Waals surface area contributed by atoms with Crippen molar-refractivity contribution >= 4 is 23.0 Å². The van der Waals surface area contributed by atoms with E-state index >= 15 is 0 Å². The number of nitrogens with one attached hydrogen (secondary N) is 1. The minimum absolute atomic E-state index is 0.105. The van der Waals surface area contributed by atoms with Crippen molar-refractivity contribution < 1.29 is 22.7 Å².